The number of nitrogens with zero attached hydrogens (tertiary/aromatic N) is 2. The Morgan fingerprint density at radius 2 is 1.83 bits per heavy atom. The lowest BCUT2D eigenvalue weighted by molar-refractivity contribution is 0.571. The van der Waals surface area contributed by atoms with Gasteiger partial charge in [-0.05, 0) is 17.7 Å². The molecule has 116 valence electrons. The van der Waals surface area contributed by atoms with Crippen LogP contribution in [0.5, 0.6) is 0 Å². The lowest BCUT2D eigenvalue weighted by Gasteiger charge is -2.10. The van der Waals surface area contributed by atoms with E-state index in [4.69, 9.17) is 11.0 Å². The van der Waals surface area contributed by atoms with Crippen LogP contribution in [0.3, 0.4) is 0 Å². The van der Waals surface area contributed by atoms with Crippen LogP contribution >= 0.6 is 0 Å². The lowest BCUT2D eigenvalue weighted by atomic mass is 9.96. The molecule has 0 fully saturated rings. The van der Waals surface area contributed by atoms with E-state index < -0.39 is 31.7 Å². The van der Waals surface area contributed by atoms with E-state index in [-0.39, 0.29) is 22.5 Å². The summed E-state index contributed by atoms with van der Waals surface area (Å²) in [5.74, 6) is -1.32. The Balaban J connectivity index is 2.89. The van der Waals surface area contributed by atoms with Crippen molar-refractivity contribution in [1.82, 2.24) is 4.98 Å². The molecule has 0 atom stereocenters. The number of nitrogens with one attached hydrogen (secondary N) is 1. The highest BCUT2D eigenvalue weighted by molar-refractivity contribution is 7.90. The van der Waals surface area contributed by atoms with E-state index in [1.807, 2.05) is 0 Å². The molecule has 1 heterocycles. The Morgan fingerprint density at radius 1 is 1.22 bits per heavy atom. The van der Waals surface area contributed by atoms with Crippen molar-refractivity contribution in [2.45, 2.75) is 4.90 Å². The van der Waals surface area contributed by atoms with Crippen LogP contribution in [0.1, 0.15) is 11.1 Å². The number of H-pyrrole nitrogens is 1. The fourth-order valence-corrected chi connectivity index (χ4v) is 2.82. The third-order valence-corrected chi connectivity index (χ3v) is 4.22. The molecule has 0 bridgehead atoms. The summed E-state index contributed by atoms with van der Waals surface area (Å²) < 4.78 is 36.9. The molecular weight excluding hydrogens is 323 g/mol. The molecule has 7 nitrogen and oxygen atoms in total. The van der Waals surface area contributed by atoms with Gasteiger partial charge in [-0.2, -0.15) is 10.5 Å². The van der Waals surface area contributed by atoms with Crippen molar-refractivity contribution in [1.29, 1.82) is 10.5 Å². The smallest absolute Gasteiger partial charge is 0.268 e. The van der Waals surface area contributed by atoms with E-state index in [1.54, 1.807) is 12.1 Å². The van der Waals surface area contributed by atoms with Crippen LogP contribution in [0, 0.1) is 28.5 Å². The molecule has 0 amide bonds. The third kappa shape index (κ3) is 2.78. The Bertz CT molecular complexity index is 1060. The molecule has 1 aromatic carbocycles. The van der Waals surface area contributed by atoms with E-state index in [1.165, 1.54) is 6.07 Å². The minimum atomic E-state index is -3.78. The van der Waals surface area contributed by atoms with Gasteiger partial charge in [0, 0.05) is 11.8 Å². The first kappa shape index (κ1) is 16.2. The Morgan fingerprint density at radius 3 is 2.30 bits per heavy atom. The summed E-state index contributed by atoms with van der Waals surface area (Å²) in [7, 11) is -3.78. The van der Waals surface area contributed by atoms with Crippen LogP contribution < -0.4 is 11.3 Å². The topological polar surface area (TPSA) is 141 Å². The number of sulfone groups is 1. The fourth-order valence-electron chi connectivity index (χ4n) is 2.09. The second-order valence-corrected chi connectivity index (χ2v) is 6.62. The summed E-state index contributed by atoms with van der Waals surface area (Å²) >= 11 is 0. The van der Waals surface area contributed by atoms with Gasteiger partial charge in [0.1, 0.15) is 39.8 Å². The average Bonchev–Trinajstić information content (AvgIpc) is 2.45. The number of nitrogen functional groups attached to an aromatic ring is 1. The fraction of sp³-hybridized carbons (Fsp3) is 0.0714. The number of anilines is 1. The standard InChI is InChI=1S/C14H9FN4O3S/c1-23(21,22)11-3-2-7(4-10(11)15)12-8(5-16)13(18)19-14(20)9(12)6-17/h2-4H,1H3,(H3,18,19,20). The van der Waals surface area contributed by atoms with Gasteiger partial charge in [0.15, 0.2) is 9.84 Å². The molecule has 9 heteroatoms. The molecule has 0 saturated heterocycles. The van der Waals surface area contributed by atoms with Crippen molar-refractivity contribution in [3.8, 4) is 23.3 Å². The van der Waals surface area contributed by atoms with E-state index in [0.717, 1.165) is 18.4 Å². The number of nitrogens with two attached hydrogens (primary N) is 1. The average molecular weight is 332 g/mol. The first-order chi connectivity index (χ1) is 10.7. The molecule has 0 aliphatic heterocycles. The molecule has 0 saturated carbocycles. The molecule has 3 N–H and O–H groups in total. The van der Waals surface area contributed by atoms with Crippen molar-refractivity contribution in [3.63, 3.8) is 0 Å². The van der Waals surface area contributed by atoms with Crippen LogP contribution in [-0.2, 0) is 9.84 Å². The molecule has 23 heavy (non-hydrogen) atoms. The molecule has 0 aliphatic rings. The van der Waals surface area contributed by atoms with Crippen LogP contribution in [0.15, 0.2) is 27.9 Å². The van der Waals surface area contributed by atoms with Crippen molar-refractivity contribution in [2.24, 2.45) is 0 Å². The lowest BCUT2D eigenvalue weighted by Crippen LogP contribution is -2.16. The molecule has 1 aromatic heterocycles. The normalized spacial score (nSPS) is 10.8. The predicted molar refractivity (Wildman–Crippen MR) is 79.4 cm³/mol. The molecule has 0 radical (unpaired) electrons. The van der Waals surface area contributed by atoms with Gasteiger partial charge in [-0.15, -0.1) is 0 Å². The summed E-state index contributed by atoms with van der Waals surface area (Å²) in [4.78, 5) is 13.4. The largest absolute Gasteiger partial charge is 0.384 e. The van der Waals surface area contributed by atoms with Gasteiger partial charge in [0.25, 0.3) is 5.56 Å². The van der Waals surface area contributed by atoms with Crippen LogP contribution in [0.25, 0.3) is 11.1 Å². The number of halogens is 1. The molecule has 0 unspecified atom stereocenters. The molecule has 0 aliphatic carbocycles. The quantitative estimate of drug-likeness (QED) is 0.837. The predicted octanol–water partition coefficient (Wildman–Crippen LogP) is 0.910. The highest BCUT2D eigenvalue weighted by Gasteiger charge is 2.21. The van der Waals surface area contributed by atoms with Gasteiger partial charge in [-0.25, -0.2) is 12.8 Å². The Kier molecular flexibility index (Phi) is 3.91. The number of aromatic amines is 1. The first-order valence-corrected chi connectivity index (χ1v) is 7.95. The van der Waals surface area contributed by atoms with Gasteiger partial charge in [0.2, 0.25) is 0 Å². The number of hydrogen-bond acceptors (Lipinski definition) is 6. The monoisotopic (exact) mass is 332 g/mol. The number of benzene rings is 1. The van der Waals surface area contributed by atoms with Crippen molar-refractivity contribution >= 4 is 15.7 Å². The molecule has 0 spiro atoms. The van der Waals surface area contributed by atoms with Gasteiger partial charge >= 0.3 is 0 Å². The minimum absolute atomic E-state index is 0.000741. The molecule has 2 aromatic rings. The van der Waals surface area contributed by atoms with Crippen molar-refractivity contribution in [3.05, 3.63) is 45.5 Å². The molecule has 2 rings (SSSR count). The maximum absolute atomic E-state index is 14.0. The third-order valence-electron chi connectivity index (χ3n) is 3.09. The van der Waals surface area contributed by atoms with Crippen molar-refractivity contribution < 1.29 is 12.8 Å². The van der Waals surface area contributed by atoms with Crippen LogP contribution in [0.2, 0.25) is 0 Å². The van der Waals surface area contributed by atoms with Gasteiger partial charge < -0.3 is 10.7 Å². The molecular formula is C14H9FN4O3S. The zero-order chi connectivity index (χ0) is 17.4. The highest BCUT2D eigenvalue weighted by Crippen LogP contribution is 2.30. The number of hydrogen-bond donors (Lipinski definition) is 2. The maximum atomic E-state index is 14.0. The maximum Gasteiger partial charge on any atom is 0.268 e. The van der Waals surface area contributed by atoms with Gasteiger partial charge in [-0.1, -0.05) is 6.07 Å². The van der Waals surface area contributed by atoms with E-state index in [9.17, 15) is 22.9 Å². The number of pyridine rings is 1. The van der Waals surface area contributed by atoms with Crippen molar-refractivity contribution in [2.75, 3.05) is 12.0 Å². The van der Waals surface area contributed by atoms with E-state index in [2.05, 4.69) is 4.98 Å². The highest BCUT2D eigenvalue weighted by atomic mass is 32.2. The number of aromatic nitrogens is 1. The minimum Gasteiger partial charge on any atom is -0.384 e. The van der Waals surface area contributed by atoms with Gasteiger partial charge in [0.05, 0.1) is 0 Å². The summed E-state index contributed by atoms with van der Waals surface area (Å²) in [6.45, 7) is 0. The first-order valence-electron chi connectivity index (χ1n) is 6.06. The second-order valence-electron chi connectivity index (χ2n) is 4.63. The number of rotatable bonds is 2. The van der Waals surface area contributed by atoms with Gasteiger partial charge in [-0.3, -0.25) is 4.79 Å². The Hall–Kier alpha value is -3.17. The SMILES string of the molecule is CS(=O)(=O)c1ccc(-c2c(C#N)c(N)[nH]c(=O)c2C#N)cc1F. The van der Waals surface area contributed by atoms with E-state index >= 15 is 0 Å². The van der Waals surface area contributed by atoms with Crippen LogP contribution in [-0.4, -0.2) is 19.7 Å². The zero-order valence-electron chi connectivity index (χ0n) is 11.7. The summed E-state index contributed by atoms with van der Waals surface area (Å²) in [5, 5.41) is 18.3. The second kappa shape index (κ2) is 5.55. The zero-order valence-corrected chi connectivity index (χ0v) is 12.5. The summed E-state index contributed by atoms with van der Waals surface area (Å²) in [5.41, 5.74) is 3.97. The summed E-state index contributed by atoms with van der Waals surface area (Å²) in [6, 6.07) is 6.42. The van der Waals surface area contributed by atoms with Crippen LogP contribution in [0.4, 0.5) is 10.2 Å². The summed E-state index contributed by atoms with van der Waals surface area (Å²) in [6.07, 6.45) is 0.845. The van der Waals surface area contributed by atoms with E-state index in [0.29, 0.717) is 0 Å². The Labute approximate surface area is 130 Å². The number of nitriles is 2.